The molecule has 5 aromatic rings. The number of thiophene rings is 1. The Morgan fingerprint density at radius 1 is 0.651 bits per heavy atom. The number of hydrogen-bond acceptors (Lipinski definition) is 6. The van der Waals surface area contributed by atoms with Crippen LogP contribution in [0.2, 0.25) is 0 Å². The van der Waals surface area contributed by atoms with Crippen LogP contribution in [0.5, 0.6) is 11.5 Å². The minimum Gasteiger partial charge on any atom is -0.494 e. The standard InChI is InChI=1S/C35H38O5S3/c1-4-6-24-38-29-14-20-31(21-15-29)42(35-26-28-10-8-9-11-34(28)41-35,32-22-16-30(17-23-32)39-25-7-5-2)40-43(36,37)33-18-12-27(3)13-19-33/h8-23,26H,4-7,24-25H2,1-3H3. The number of unbranched alkanes of at least 4 members (excludes halogenated alkanes) is 2. The Labute approximate surface area is 261 Å². The summed E-state index contributed by atoms with van der Waals surface area (Å²) in [5, 5.41) is 1.04. The Morgan fingerprint density at radius 2 is 1.16 bits per heavy atom. The van der Waals surface area contributed by atoms with Crippen LogP contribution in [0.15, 0.2) is 122 Å². The average Bonchev–Trinajstić information content (AvgIpc) is 3.46. The van der Waals surface area contributed by atoms with Gasteiger partial charge in [0.1, 0.15) is 11.5 Å². The van der Waals surface area contributed by atoms with E-state index in [0.717, 1.165) is 66.8 Å². The van der Waals surface area contributed by atoms with E-state index in [1.807, 2.05) is 73.7 Å². The molecule has 0 amide bonds. The summed E-state index contributed by atoms with van der Waals surface area (Å²) in [5.41, 5.74) is 0.972. The highest BCUT2D eigenvalue weighted by molar-refractivity contribution is 8.34. The zero-order chi connectivity index (χ0) is 30.3. The normalized spacial score (nSPS) is 12.3. The van der Waals surface area contributed by atoms with Crippen LogP contribution in [-0.2, 0) is 13.7 Å². The number of fused-ring (bicyclic) bond motifs is 1. The third-order valence-electron chi connectivity index (χ3n) is 7.03. The van der Waals surface area contributed by atoms with Crippen molar-refractivity contribution in [3.63, 3.8) is 0 Å². The zero-order valence-electron chi connectivity index (χ0n) is 24.8. The van der Waals surface area contributed by atoms with Crippen LogP contribution in [0.4, 0.5) is 0 Å². The molecule has 0 N–H and O–H groups in total. The van der Waals surface area contributed by atoms with Crippen molar-refractivity contribution in [1.29, 1.82) is 0 Å². The Bertz CT molecular complexity index is 1640. The summed E-state index contributed by atoms with van der Waals surface area (Å²) >= 11 is 1.56. The second-order valence-electron chi connectivity index (χ2n) is 10.3. The maximum atomic E-state index is 14.1. The molecule has 0 bridgehead atoms. The molecule has 43 heavy (non-hydrogen) atoms. The molecule has 0 saturated carbocycles. The van der Waals surface area contributed by atoms with Gasteiger partial charge in [-0.3, -0.25) is 0 Å². The summed E-state index contributed by atoms with van der Waals surface area (Å²) in [7, 11) is -6.97. The second-order valence-corrected chi connectivity index (χ2v) is 16.1. The molecule has 5 nitrogen and oxygen atoms in total. The van der Waals surface area contributed by atoms with E-state index in [0.29, 0.717) is 13.2 Å². The first-order chi connectivity index (χ1) is 20.9. The predicted molar refractivity (Wildman–Crippen MR) is 177 cm³/mol. The summed E-state index contributed by atoms with van der Waals surface area (Å²) in [4.78, 5) is 1.64. The lowest BCUT2D eigenvalue weighted by Gasteiger charge is -2.38. The molecular weight excluding hydrogens is 597 g/mol. The summed E-state index contributed by atoms with van der Waals surface area (Å²) in [6.07, 6.45) is 4.01. The van der Waals surface area contributed by atoms with Gasteiger partial charge in [0.25, 0.3) is 0 Å². The van der Waals surface area contributed by atoms with Gasteiger partial charge in [-0.1, -0.05) is 62.6 Å². The second kappa shape index (κ2) is 14.0. The van der Waals surface area contributed by atoms with Crippen molar-refractivity contribution in [2.24, 2.45) is 0 Å². The Kier molecular flexibility index (Phi) is 10.1. The molecule has 0 aliphatic rings. The number of ether oxygens (including phenoxy) is 2. The minimum atomic E-state index is -4.19. The molecule has 0 saturated heterocycles. The summed E-state index contributed by atoms with van der Waals surface area (Å²) < 4.78 is 48.7. The number of aryl methyl sites for hydroxylation is 1. The van der Waals surface area contributed by atoms with Gasteiger partial charge in [-0.05, 0) is 108 Å². The van der Waals surface area contributed by atoms with Crippen molar-refractivity contribution in [3.05, 3.63) is 109 Å². The van der Waals surface area contributed by atoms with Crippen LogP contribution < -0.4 is 9.47 Å². The fourth-order valence-corrected chi connectivity index (χ4v) is 11.8. The van der Waals surface area contributed by atoms with E-state index in [4.69, 9.17) is 13.1 Å². The van der Waals surface area contributed by atoms with Crippen LogP contribution in [0.1, 0.15) is 45.1 Å². The fourth-order valence-electron chi connectivity index (χ4n) is 4.58. The minimum absolute atomic E-state index is 0.120. The lowest BCUT2D eigenvalue weighted by molar-refractivity contribution is 0.309. The predicted octanol–water partition coefficient (Wildman–Crippen LogP) is 10.2. The molecule has 0 aliphatic carbocycles. The molecular formula is C35H38O5S3. The van der Waals surface area contributed by atoms with Crippen molar-refractivity contribution in [1.82, 2.24) is 0 Å². The first-order valence-electron chi connectivity index (χ1n) is 14.7. The zero-order valence-corrected chi connectivity index (χ0v) is 27.3. The molecule has 0 atom stereocenters. The molecule has 5 rings (SSSR count). The Balaban J connectivity index is 1.70. The summed E-state index contributed by atoms with van der Waals surface area (Å²) in [6.45, 7) is 7.43. The van der Waals surface area contributed by atoms with Gasteiger partial charge < -0.3 is 9.47 Å². The lowest BCUT2D eigenvalue weighted by Crippen LogP contribution is -2.14. The molecule has 226 valence electrons. The Hall–Kier alpha value is -3.30. The van der Waals surface area contributed by atoms with Gasteiger partial charge >= 0.3 is 10.1 Å². The molecule has 8 heteroatoms. The van der Waals surface area contributed by atoms with E-state index >= 15 is 0 Å². The van der Waals surface area contributed by atoms with Crippen molar-refractivity contribution in [2.75, 3.05) is 13.2 Å². The van der Waals surface area contributed by atoms with Gasteiger partial charge in [-0.15, -0.1) is 11.3 Å². The topological polar surface area (TPSA) is 61.8 Å². The van der Waals surface area contributed by atoms with E-state index in [1.165, 1.54) is 0 Å². The van der Waals surface area contributed by atoms with E-state index < -0.39 is 20.4 Å². The summed E-state index contributed by atoms with van der Waals surface area (Å²) in [6, 6.07) is 32.3. The van der Waals surface area contributed by atoms with Gasteiger partial charge in [-0.25, -0.2) is 3.63 Å². The molecule has 4 aromatic carbocycles. The maximum Gasteiger partial charge on any atom is 0.307 e. The highest BCUT2D eigenvalue weighted by atomic mass is 32.3. The van der Waals surface area contributed by atoms with Crippen LogP contribution >= 0.6 is 21.6 Å². The van der Waals surface area contributed by atoms with Gasteiger partial charge in [0.15, 0.2) is 0 Å². The molecule has 0 radical (unpaired) electrons. The van der Waals surface area contributed by atoms with Gasteiger partial charge in [-0.2, -0.15) is 8.42 Å². The molecule has 0 spiro atoms. The number of rotatable bonds is 14. The van der Waals surface area contributed by atoms with Crippen LogP contribution in [0.3, 0.4) is 0 Å². The van der Waals surface area contributed by atoms with Crippen molar-refractivity contribution in [2.45, 2.75) is 65.4 Å². The van der Waals surface area contributed by atoms with Crippen LogP contribution in [-0.4, -0.2) is 21.6 Å². The molecule has 0 fully saturated rings. The fraction of sp³-hybridized carbons (Fsp3) is 0.257. The number of benzene rings is 4. The first kappa shape index (κ1) is 31.1. The van der Waals surface area contributed by atoms with Crippen molar-refractivity contribution < 1.29 is 21.5 Å². The smallest absolute Gasteiger partial charge is 0.307 e. The molecule has 1 heterocycles. The highest BCUT2D eigenvalue weighted by Gasteiger charge is 2.40. The molecule has 1 aromatic heterocycles. The van der Waals surface area contributed by atoms with Crippen LogP contribution in [0, 0.1) is 6.92 Å². The monoisotopic (exact) mass is 634 g/mol. The van der Waals surface area contributed by atoms with Crippen molar-refractivity contribution >= 4 is 41.9 Å². The maximum absolute atomic E-state index is 14.1. The SMILES string of the molecule is CCCCOc1ccc(S(OS(=O)(=O)c2ccc(C)cc2)(c2ccc(OCCCC)cc2)c2cc3ccccc3s2)cc1. The quantitative estimate of drug-likeness (QED) is 0.114. The van der Waals surface area contributed by atoms with E-state index in [1.54, 1.807) is 35.6 Å². The van der Waals surface area contributed by atoms with Crippen molar-refractivity contribution in [3.8, 4) is 11.5 Å². The lowest BCUT2D eigenvalue weighted by atomic mass is 10.2. The molecule has 0 unspecified atom stereocenters. The largest absolute Gasteiger partial charge is 0.494 e. The van der Waals surface area contributed by atoms with Gasteiger partial charge in [0.05, 0.1) is 22.3 Å². The van der Waals surface area contributed by atoms with E-state index in [-0.39, 0.29) is 4.90 Å². The number of hydrogen-bond donors (Lipinski definition) is 0. The first-order valence-corrected chi connectivity index (χ1v) is 18.4. The third kappa shape index (κ3) is 7.10. The van der Waals surface area contributed by atoms with Crippen LogP contribution in [0.25, 0.3) is 10.1 Å². The third-order valence-corrected chi connectivity index (χ3v) is 13.8. The van der Waals surface area contributed by atoms with E-state index in [2.05, 4.69) is 26.0 Å². The van der Waals surface area contributed by atoms with Gasteiger partial charge in [0, 0.05) is 14.5 Å². The molecule has 0 aliphatic heterocycles. The highest BCUT2D eigenvalue weighted by Crippen LogP contribution is 2.72. The Morgan fingerprint density at radius 3 is 1.67 bits per heavy atom. The van der Waals surface area contributed by atoms with E-state index in [9.17, 15) is 8.42 Å². The summed E-state index contributed by atoms with van der Waals surface area (Å²) in [5.74, 6) is 1.48. The average molecular weight is 635 g/mol. The van der Waals surface area contributed by atoms with Gasteiger partial charge in [0.2, 0.25) is 0 Å².